The molecule has 1 aliphatic carbocycles. The fraction of sp³-hybridized carbons (Fsp3) is 0.538. The molecular formula is C13H17ClFN. The first-order valence-corrected chi connectivity index (χ1v) is 6.23. The summed E-state index contributed by atoms with van der Waals surface area (Å²) in [4.78, 5) is 0. The van der Waals surface area contributed by atoms with Gasteiger partial charge in [0.05, 0.1) is 5.02 Å². The average molecular weight is 242 g/mol. The molecule has 1 nitrogen and oxygen atoms in total. The van der Waals surface area contributed by atoms with E-state index in [1.54, 1.807) is 6.07 Å². The molecule has 3 heteroatoms. The molecule has 1 aromatic carbocycles. The quantitative estimate of drug-likeness (QED) is 0.842. The Morgan fingerprint density at radius 2 is 2.19 bits per heavy atom. The Balaban J connectivity index is 2.05. The van der Waals surface area contributed by atoms with Crippen molar-refractivity contribution < 1.29 is 4.39 Å². The summed E-state index contributed by atoms with van der Waals surface area (Å²) in [6.07, 6.45) is 5.36. The lowest BCUT2D eigenvalue weighted by molar-refractivity contribution is 0.320. The van der Waals surface area contributed by atoms with Crippen LogP contribution in [0.2, 0.25) is 5.02 Å². The zero-order chi connectivity index (χ0) is 11.5. The molecule has 88 valence electrons. The van der Waals surface area contributed by atoms with Gasteiger partial charge < -0.3 is 5.73 Å². The van der Waals surface area contributed by atoms with Gasteiger partial charge in [-0.1, -0.05) is 36.6 Å². The second-order valence-corrected chi connectivity index (χ2v) is 5.09. The number of halogens is 2. The molecule has 0 heterocycles. The summed E-state index contributed by atoms with van der Waals surface area (Å²) in [7, 11) is 0. The highest BCUT2D eigenvalue weighted by Gasteiger charge is 2.20. The van der Waals surface area contributed by atoms with Gasteiger partial charge in [0.15, 0.2) is 0 Å². The van der Waals surface area contributed by atoms with Crippen LogP contribution in [0.5, 0.6) is 0 Å². The molecule has 0 bridgehead atoms. The Kier molecular flexibility index (Phi) is 3.82. The predicted molar refractivity (Wildman–Crippen MR) is 65.0 cm³/mol. The number of hydrogen-bond donors (Lipinski definition) is 1. The average Bonchev–Trinajstić information content (AvgIpc) is 2.25. The fourth-order valence-corrected chi connectivity index (χ4v) is 2.74. The van der Waals surface area contributed by atoms with Gasteiger partial charge in [-0.05, 0) is 36.8 Å². The van der Waals surface area contributed by atoms with E-state index in [1.165, 1.54) is 18.9 Å². The summed E-state index contributed by atoms with van der Waals surface area (Å²) in [5, 5.41) is 0.279. The van der Waals surface area contributed by atoms with Crippen LogP contribution in [0.3, 0.4) is 0 Å². The first kappa shape index (κ1) is 11.9. The van der Waals surface area contributed by atoms with Gasteiger partial charge in [-0.2, -0.15) is 0 Å². The maximum absolute atomic E-state index is 13.3. The molecule has 0 amide bonds. The zero-order valence-corrected chi connectivity index (χ0v) is 10.0. The van der Waals surface area contributed by atoms with Gasteiger partial charge in [0.1, 0.15) is 5.82 Å². The molecule has 2 unspecified atom stereocenters. The van der Waals surface area contributed by atoms with Gasteiger partial charge in [0.25, 0.3) is 0 Å². The normalized spacial score (nSPS) is 25.7. The van der Waals surface area contributed by atoms with Crippen molar-refractivity contribution in [2.24, 2.45) is 11.7 Å². The third-order valence-electron chi connectivity index (χ3n) is 3.36. The molecule has 0 spiro atoms. The van der Waals surface area contributed by atoms with Crippen LogP contribution >= 0.6 is 11.6 Å². The molecule has 0 aromatic heterocycles. The number of hydrogen-bond acceptors (Lipinski definition) is 1. The van der Waals surface area contributed by atoms with E-state index in [1.807, 2.05) is 6.07 Å². The lowest BCUT2D eigenvalue weighted by Gasteiger charge is -2.26. The van der Waals surface area contributed by atoms with Crippen molar-refractivity contribution in [3.63, 3.8) is 0 Å². The largest absolute Gasteiger partial charge is 0.328 e. The molecule has 1 aromatic rings. The molecule has 2 rings (SSSR count). The van der Waals surface area contributed by atoms with Gasteiger partial charge in [-0.3, -0.25) is 0 Å². The number of benzene rings is 1. The van der Waals surface area contributed by atoms with Gasteiger partial charge >= 0.3 is 0 Å². The number of rotatable bonds is 2. The van der Waals surface area contributed by atoms with E-state index < -0.39 is 0 Å². The molecule has 1 saturated carbocycles. The van der Waals surface area contributed by atoms with Gasteiger partial charge in [0.2, 0.25) is 0 Å². The Morgan fingerprint density at radius 3 is 2.94 bits per heavy atom. The third kappa shape index (κ3) is 2.74. The van der Waals surface area contributed by atoms with Crippen LogP contribution < -0.4 is 5.73 Å². The van der Waals surface area contributed by atoms with Gasteiger partial charge in [0, 0.05) is 6.04 Å². The van der Waals surface area contributed by atoms with Crippen LogP contribution in [-0.4, -0.2) is 6.04 Å². The maximum Gasteiger partial charge on any atom is 0.142 e. The Morgan fingerprint density at radius 1 is 1.38 bits per heavy atom. The Bertz CT molecular complexity index is 367. The van der Waals surface area contributed by atoms with E-state index in [0.29, 0.717) is 12.0 Å². The lowest BCUT2D eigenvalue weighted by Crippen LogP contribution is -2.28. The zero-order valence-electron chi connectivity index (χ0n) is 9.26. The third-order valence-corrected chi connectivity index (χ3v) is 3.79. The van der Waals surface area contributed by atoms with Crippen LogP contribution in [-0.2, 0) is 6.42 Å². The summed E-state index contributed by atoms with van der Waals surface area (Å²) >= 11 is 5.94. The minimum Gasteiger partial charge on any atom is -0.328 e. The molecule has 1 fully saturated rings. The number of nitrogens with two attached hydrogens (primary N) is 1. The molecular weight excluding hydrogens is 225 g/mol. The Labute approximate surface area is 101 Å². The summed E-state index contributed by atoms with van der Waals surface area (Å²) in [5.74, 6) is 0.238. The molecule has 1 aliphatic rings. The van der Waals surface area contributed by atoms with Gasteiger partial charge in [-0.25, -0.2) is 4.39 Å². The minimum atomic E-state index is -0.320. The molecule has 0 radical (unpaired) electrons. The van der Waals surface area contributed by atoms with E-state index in [9.17, 15) is 4.39 Å². The van der Waals surface area contributed by atoms with E-state index in [-0.39, 0.29) is 10.8 Å². The van der Waals surface area contributed by atoms with Crippen molar-refractivity contribution in [2.45, 2.75) is 38.1 Å². The predicted octanol–water partition coefficient (Wildman–Crippen LogP) is 3.54. The summed E-state index contributed by atoms with van der Waals surface area (Å²) in [6, 6.07) is 5.34. The Hall–Kier alpha value is -0.600. The summed E-state index contributed by atoms with van der Waals surface area (Å²) in [6.45, 7) is 0. The van der Waals surface area contributed by atoms with Crippen molar-refractivity contribution in [3.05, 3.63) is 34.6 Å². The summed E-state index contributed by atoms with van der Waals surface area (Å²) < 4.78 is 13.3. The molecule has 0 aliphatic heterocycles. The first-order valence-electron chi connectivity index (χ1n) is 5.85. The van der Waals surface area contributed by atoms with Crippen molar-refractivity contribution >= 4 is 11.6 Å². The smallest absolute Gasteiger partial charge is 0.142 e. The van der Waals surface area contributed by atoms with E-state index in [0.717, 1.165) is 24.8 Å². The lowest BCUT2D eigenvalue weighted by atomic mass is 9.82. The molecule has 2 atom stereocenters. The molecule has 16 heavy (non-hydrogen) atoms. The van der Waals surface area contributed by atoms with Crippen LogP contribution in [0.1, 0.15) is 31.2 Å². The van der Waals surface area contributed by atoms with Crippen molar-refractivity contribution in [2.75, 3.05) is 0 Å². The highest BCUT2D eigenvalue weighted by molar-refractivity contribution is 6.31. The van der Waals surface area contributed by atoms with E-state index in [4.69, 9.17) is 17.3 Å². The van der Waals surface area contributed by atoms with Crippen LogP contribution in [0.15, 0.2) is 18.2 Å². The van der Waals surface area contributed by atoms with Crippen LogP contribution in [0.25, 0.3) is 0 Å². The minimum absolute atomic E-state index is 0.279. The standard InChI is InChI=1S/C13H17ClFN/c14-13-10(4-2-6-12(13)15)7-9-3-1-5-11(16)8-9/h2,4,6,9,11H,1,3,5,7-8,16H2. The van der Waals surface area contributed by atoms with Gasteiger partial charge in [-0.15, -0.1) is 0 Å². The first-order chi connectivity index (χ1) is 7.66. The second-order valence-electron chi connectivity index (χ2n) is 4.71. The monoisotopic (exact) mass is 241 g/mol. The van der Waals surface area contributed by atoms with Crippen molar-refractivity contribution in [1.82, 2.24) is 0 Å². The second kappa shape index (κ2) is 5.15. The topological polar surface area (TPSA) is 26.0 Å². The molecule has 0 saturated heterocycles. The molecule has 2 N–H and O–H groups in total. The van der Waals surface area contributed by atoms with Crippen molar-refractivity contribution in [3.8, 4) is 0 Å². The van der Waals surface area contributed by atoms with Crippen LogP contribution in [0.4, 0.5) is 4.39 Å². The van der Waals surface area contributed by atoms with Crippen LogP contribution in [0, 0.1) is 11.7 Å². The fourth-order valence-electron chi connectivity index (χ4n) is 2.54. The van der Waals surface area contributed by atoms with E-state index in [2.05, 4.69) is 0 Å². The highest BCUT2D eigenvalue weighted by atomic mass is 35.5. The van der Waals surface area contributed by atoms with Crippen molar-refractivity contribution in [1.29, 1.82) is 0 Å². The van der Waals surface area contributed by atoms with E-state index >= 15 is 0 Å². The maximum atomic E-state index is 13.3. The SMILES string of the molecule is NC1CCCC(Cc2cccc(F)c2Cl)C1. The highest BCUT2D eigenvalue weighted by Crippen LogP contribution is 2.29. The summed E-state index contributed by atoms with van der Waals surface area (Å²) in [5.41, 5.74) is 6.86.